The lowest BCUT2D eigenvalue weighted by Gasteiger charge is -2.07. The first-order chi connectivity index (χ1) is 6.52. The summed E-state index contributed by atoms with van der Waals surface area (Å²) in [6.07, 6.45) is 1.28. The summed E-state index contributed by atoms with van der Waals surface area (Å²) in [5.74, 6) is -0.594. The zero-order valence-corrected chi connectivity index (χ0v) is 8.47. The third-order valence-corrected chi connectivity index (χ3v) is 1.99. The molecule has 0 unspecified atom stereocenters. The molecule has 0 bridgehead atoms. The quantitative estimate of drug-likeness (QED) is 0.813. The van der Waals surface area contributed by atoms with Gasteiger partial charge < -0.3 is 16.2 Å². The number of aromatic nitrogens is 1. The number of carbonyl (C=O) groups is 1. The van der Waals surface area contributed by atoms with Crippen LogP contribution in [0.5, 0.6) is 5.88 Å². The highest BCUT2D eigenvalue weighted by Gasteiger charge is 2.10. The zero-order valence-electron chi connectivity index (χ0n) is 6.96. The molecule has 0 atom stereocenters. The van der Waals surface area contributed by atoms with Crippen LogP contribution in [0.2, 0.25) is 10.0 Å². The van der Waals surface area contributed by atoms with Crippen LogP contribution in [0.3, 0.4) is 0 Å². The summed E-state index contributed by atoms with van der Waals surface area (Å²) in [5.41, 5.74) is 10.5. The van der Waals surface area contributed by atoms with Crippen LogP contribution in [0.1, 0.15) is 0 Å². The van der Waals surface area contributed by atoms with Gasteiger partial charge in [0.2, 0.25) is 5.88 Å². The molecule has 1 amide bonds. The van der Waals surface area contributed by atoms with Gasteiger partial charge in [-0.25, -0.2) is 4.98 Å². The summed E-state index contributed by atoms with van der Waals surface area (Å²) in [5, 5.41) is 0.292. The van der Waals surface area contributed by atoms with Crippen molar-refractivity contribution in [3.63, 3.8) is 0 Å². The summed E-state index contributed by atoms with van der Waals surface area (Å²) >= 11 is 11.4. The molecule has 1 rings (SSSR count). The van der Waals surface area contributed by atoms with E-state index in [4.69, 9.17) is 39.4 Å². The topological polar surface area (TPSA) is 91.2 Å². The van der Waals surface area contributed by atoms with Gasteiger partial charge in [-0.15, -0.1) is 0 Å². The number of hydrogen-bond donors (Lipinski definition) is 2. The minimum atomic E-state index is -0.628. The summed E-state index contributed by atoms with van der Waals surface area (Å²) in [6, 6.07) is 0. The van der Waals surface area contributed by atoms with Gasteiger partial charge in [0.05, 0.1) is 16.9 Å². The van der Waals surface area contributed by atoms with Crippen LogP contribution in [-0.2, 0) is 4.79 Å². The van der Waals surface area contributed by atoms with Crippen molar-refractivity contribution in [2.24, 2.45) is 5.73 Å². The Kier molecular flexibility index (Phi) is 3.38. The van der Waals surface area contributed by atoms with Gasteiger partial charge in [-0.1, -0.05) is 23.2 Å². The first kappa shape index (κ1) is 10.9. The van der Waals surface area contributed by atoms with Gasteiger partial charge in [0.15, 0.2) is 6.61 Å². The monoisotopic (exact) mass is 235 g/mol. The molecule has 0 aliphatic rings. The van der Waals surface area contributed by atoms with E-state index >= 15 is 0 Å². The third kappa shape index (κ3) is 2.40. The number of ether oxygens (including phenoxy) is 1. The molecule has 4 N–H and O–H groups in total. The number of hydrogen-bond acceptors (Lipinski definition) is 4. The second-order valence-corrected chi connectivity index (χ2v) is 3.18. The van der Waals surface area contributed by atoms with E-state index in [1.165, 1.54) is 6.20 Å². The zero-order chi connectivity index (χ0) is 10.7. The number of carbonyl (C=O) groups excluding carboxylic acids is 1. The van der Waals surface area contributed by atoms with Crippen LogP contribution in [0.4, 0.5) is 5.69 Å². The molecule has 14 heavy (non-hydrogen) atoms. The Morgan fingerprint density at radius 3 is 2.79 bits per heavy atom. The number of nitrogens with zero attached hydrogens (tertiary/aromatic N) is 1. The fourth-order valence-electron chi connectivity index (χ4n) is 0.702. The highest BCUT2D eigenvalue weighted by Crippen LogP contribution is 2.32. The predicted octanol–water partition coefficient (Wildman–Crippen LogP) is 0.835. The predicted molar refractivity (Wildman–Crippen MR) is 53.4 cm³/mol. The molecule has 7 heteroatoms. The van der Waals surface area contributed by atoms with Gasteiger partial charge >= 0.3 is 0 Å². The van der Waals surface area contributed by atoms with Crippen LogP contribution in [0.25, 0.3) is 0 Å². The average Bonchev–Trinajstić information content (AvgIpc) is 2.13. The van der Waals surface area contributed by atoms with Gasteiger partial charge in [-0.2, -0.15) is 0 Å². The summed E-state index contributed by atoms with van der Waals surface area (Å²) in [6.45, 7) is -0.312. The van der Waals surface area contributed by atoms with Crippen LogP contribution >= 0.6 is 23.2 Å². The van der Waals surface area contributed by atoms with Crippen LogP contribution < -0.4 is 16.2 Å². The number of nitrogens with two attached hydrogens (primary N) is 2. The van der Waals surface area contributed by atoms with Crippen molar-refractivity contribution in [1.29, 1.82) is 0 Å². The molecule has 0 fully saturated rings. The normalized spacial score (nSPS) is 9.86. The van der Waals surface area contributed by atoms with E-state index in [1.54, 1.807) is 0 Å². The first-order valence-corrected chi connectivity index (χ1v) is 4.28. The Hall–Kier alpha value is -1.20. The SMILES string of the molecule is NC(=O)COc1ncc(Cl)c(N)c1Cl. The fourth-order valence-corrected chi connectivity index (χ4v) is 1.10. The number of anilines is 1. The summed E-state index contributed by atoms with van der Waals surface area (Å²) in [4.78, 5) is 14.1. The number of halogens is 2. The summed E-state index contributed by atoms with van der Waals surface area (Å²) < 4.78 is 4.88. The van der Waals surface area contributed by atoms with Gasteiger partial charge in [0.25, 0.3) is 5.91 Å². The van der Waals surface area contributed by atoms with Crippen LogP contribution in [-0.4, -0.2) is 17.5 Å². The molecule has 1 aromatic rings. The maximum absolute atomic E-state index is 10.4. The van der Waals surface area contributed by atoms with Gasteiger partial charge in [-0.3, -0.25) is 4.79 Å². The van der Waals surface area contributed by atoms with Crippen molar-refractivity contribution >= 4 is 34.8 Å². The number of rotatable bonds is 3. The first-order valence-electron chi connectivity index (χ1n) is 3.53. The van der Waals surface area contributed by atoms with Gasteiger partial charge in [-0.05, 0) is 0 Å². The molecule has 1 aromatic heterocycles. The van der Waals surface area contributed by atoms with E-state index < -0.39 is 5.91 Å². The minimum Gasteiger partial charge on any atom is -0.466 e. The molecule has 0 spiro atoms. The van der Waals surface area contributed by atoms with E-state index in [-0.39, 0.29) is 28.2 Å². The van der Waals surface area contributed by atoms with Crippen molar-refractivity contribution in [2.45, 2.75) is 0 Å². The number of primary amides is 1. The maximum Gasteiger partial charge on any atom is 0.255 e. The van der Waals surface area contributed by atoms with Gasteiger partial charge in [0, 0.05) is 0 Å². The van der Waals surface area contributed by atoms with Gasteiger partial charge in [0.1, 0.15) is 5.02 Å². The maximum atomic E-state index is 10.4. The number of amides is 1. The highest BCUT2D eigenvalue weighted by molar-refractivity contribution is 6.39. The Labute approximate surface area is 89.9 Å². The van der Waals surface area contributed by atoms with Crippen LogP contribution in [0, 0.1) is 0 Å². The molecule has 0 radical (unpaired) electrons. The lowest BCUT2D eigenvalue weighted by molar-refractivity contribution is -0.120. The highest BCUT2D eigenvalue weighted by atomic mass is 35.5. The lowest BCUT2D eigenvalue weighted by atomic mass is 10.4. The van der Waals surface area contributed by atoms with E-state index in [9.17, 15) is 4.79 Å². The fraction of sp³-hybridized carbons (Fsp3) is 0.143. The Morgan fingerprint density at radius 2 is 2.21 bits per heavy atom. The van der Waals surface area contributed by atoms with Crippen molar-refractivity contribution < 1.29 is 9.53 Å². The molecule has 1 heterocycles. The molecule has 0 aromatic carbocycles. The molecule has 76 valence electrons. The van der Waals surface area contributed by atoms with Crippen molar-refractivity contribution in [1.82, 2.24) is 4.98 Å². The number of nitrogen functional groups attached to an aromatic ring is 1. The Morgan fingerprint density at radius 1 is 1.57 bits per heavy atom. The average molecular weight is 236 g/mol. The molecule has 5 nitrogen and oxygen atoms in total. The second-order valence-electron chi connectivity index (χ2n) is 2.39. The van der Waals surface area contributed by atoms with Crippen molar-refractivity contribution in [2.75, 3.05) is 12.3 Å². The van der Waals surface area contributed by atoms with Crippen molar-refractivity contribution in [3.8, 4) is 5.88 Å². The Bertz CT molecular complexity index is 370. The minimum absolute atomic E-state index is 0.0346. The van der Waals surface area contributed by atoms with E-state index in [0.29, 0.717) is 0 Å². The van der Waals surface area contributed by atoms with Crippen molar-refractivity contribution in [3.05, 3.63) is 16.2 Å². The molecule has 0 aliphatic heterocycles. The third-order valence-electron chi connectivity index (χ3n) is 1.33. The Balaban J connectivity index is 2.88. The number of pyridine rings is 1. The van der Waals surface area contributed by atoms with E-state index in [0.717, 1.165) is 0 Å². The van der Waals surface area contributed by atoms with Crippen LogP contribution in [0.15, 0.2) is 6.20 Å². The summed E-state index contributed by atoms with van der Waals surface area (Å²) in [7, 11) is 0. The van der Waals surface area contributed by atoms with E-state index in [1.807, 2.05) is 0 Å². The molecule has 0 saturated heterocycles. The largest absolute Gasteiger partial charge is 0.466 e. The smallest absolute Gasteiger partial charge is 0.255 e. The van der Waals surface area contributed by atoms with E-state index in [2.05, 4.69) is 4.98 Å². The standard InChI is InChI=1S/C7H7Cl2N3O2/c8-3-1-12-7(5(9)6(3)11)14-2-4(10)13/h1H,2H2,(H2,10,13)(H2,11,12). The molecule has 0 saturated carbocycles. The molecular weight excluding hydrogens is 229 g/mol. The lowest BCUT2D eigenvalue weighted by Crippen LogP contribution is -2.20. The molecular formula is C7H7Cl2N3O2. The molecule has 0 aliphatic carbocycles. The second kappa shape index (κ2) is 4.34.